The zero-order valence-electron chi connectivity index (χ0n) is 14.9. The second-order valence-corrected chi connectivity index (χ2v) is 18.6. The summed E-state index contributed by atoms with van der Waals surface area (Å²) in [6.07, 6.45) is 0. The molecule has 4 N–H and O–H groups in total. The Morgan fingerprint density at radius 1 is 0.958 bits per heavy atom. The van der Waals surface area contributed by atoms with E-state index >= 15 is 0 Å². The number of hydrazine groups is 2. The van der Waals surface area contributed by atoms with E-state index in [2.05, 4.69) is 27.7 Å². The molecule has 0 radical (unpaired) electrons. The Balaban J connectivity index is 2.55. The average molecular weight is 405 g/mol. The molecule has 1 heterocycles. The van der Waals surface area contributed by atoms with Gasteiger partial charge < -0.3 is 8.64 Å². The van der Waals surface area contributed by atoms with Crippen LogP contribution in [-0.2, 0) is 15.9 Å². The molecule has 2 rings (SSSR count). The van der Waals surface area contributed by atoms with Crippen LogP contribution in [0.25, 0.3) is 0 Å². The van der Waals surface area contributed by atoms with Crippen LogP contribution in [0.5, 0.6) is 5.75 Å². The Morgan fingerprint density at radius 3 is 1.75 bits per heavy atom. The summed E-state index contributed by atoms with van der Waals surface area (Å²) in [5.74, 6) is 13.9. The molecule has 136 valence electrons. The maximum absolute atomic E-state index is 6.78. The molecule has 6 nitrogen and oxygen atoms in total. The molecule has 1 aromatic carbocycles. The molecule has 10 heteroatoms. The first-order chi connectivity index (χ1) is 11.3. The van der Waals surface area contributed by atoms with Crippen LogP contribution in [-0.4, -0.2) is 25.8 Å². The van der Waals surface area contributed by atoms with Crippen molar-refractivity contribution in [2.75, 3.05) is 0 Å². The van der Waals surface area contributed by atoms with E-state index in [0.717, 1.165) is 24.2 Å². The number of hydrogen-bond acceptors (Lipinski definition) is 5. The summed E-state index contributed by atoms with van der Waals surface area (Å²) in [4.78, 5) is 0. The van der Waals surface area contributed by atoms with Crippen molar-refractivity contribution < 1.29 is 8.64 Å². The van der Waals surface area contributed by atoms with Crippen molar-refractivity contribution in [1.82, 2.24) is 8.89 Å². The fourth-order valence-electron chi connectivity index (χ4n) is 3.15. The summed E-state index contributed by atoms with van der Waals surface area (Å²) in [7, 11) is -4.74. The Kier molecular flexibility index (Phi) is 6.44. The van der Waals surface area contributed by atoms with E-state index in [1.54, 1.807) is 8.89 Å². The topological polar surface area (TPSA) is 77.0 Å². The third-order valence-electron chi connectivity index (χ3n) is 4.94. The van der Waals surface area contributed by atoms with Gasteiger partial charge in [-0.1, -0.05) is 45.9 Å². The Hall–Kier alpha value is -0.0962. The van der Waals surface area contributed by atoms with Crippen LogP contribution < -0.4 is 16.2 Å². The average Bonchev–Trinajstić information content (AvgIpc) is 2.62. The summed E-state index contributed by atoms with van der Waals surface area (Å²) in [6.45, 7) is 5.76. The Morgan fingerprint density at radius 2 is 1.38 bits per heavy atom. The summed E-state index contributed by atoms with van der Waals surface area (Å²) >= 11 is 6.02. The quantitative estimate of drug-likeness (QED) is 0.426. The van der Waals surface area contributed by atoms with Crippen LogP contribution in [0.3, 0.4) is 0 Å². The van der Waals surface area contributed by atoms with Gasteiger partial charge in [-0.15, -0.1) is 0 Å². The van der Waals surface area contributed by atoms with Gasteiger partial charge in [0.25, 0.3) is 23.5 Å². The fourth-order valence-corrected chi connectivity index (χ4v) is 22.3. The maximum Gasteiger partial charge on any atom is 0.284 e. The van der Waals surface area contributed by atoms with Crippen LogP contribution in [0.4, 0.5) is 0 Å². The molecular weight excluding hydrogens is 375 g/mol. The lowest BCUT2D eigenvalue weighted by Gasteiger charge is -2.57. The zero-order chi connectivity index (χ0) is 18.0. The molecular formula is C14H29N4O2PSSi2. The number of nitrogens with zero attached hydrogens (tertiary/aromatic N) is 2. The van der Waals surface area contributed by atoms with E-state index in [1.165, 1.54) is 0 Å². The SMILES string of the molecule is CC[Si]1(CC)O[Si](CC)(CC)N(N)P(=S)(Oc2ccccc2)N1N. The number of para-hydroxylation sites is 1. The van der Waals surface area contributed by atoms with Gasteiger partial charge in [0.1, 0.15) is 5.75 Å². The van der Waals surface area contributed by atoms with Gasteiger partial charge in [-0.05, 0) is 48.1 Å². The van der Waals surface area contributed by atoms with Crippen LogP contribution in [0.1, 0.15) is 27.7 Å². The molecule has 1 saturated heterocycles. The standard InChI is InChI=1S/C14H29N4O2PSSi2/c1-5-23(6-2)17(15)21(22,19-14-12-10-9-11-13-14)18(16)24(7-3,8-4)20-23/h9-13H,5-8,15-16H2,1-4H3. The lowest BCUT2D eigenvalue weighted by atomic mass is 10.3. The van der Waals surface area contributed by atoms with E-state index in [-0.39, 0.29) is 0 Å². The van der Waals surface area contributed by atoms with Crippen molar-refractivity contribution in [2.24, 2.45) is 11.7 Å². The van der Waals surface area contributed by atoms with E-state index in [4.69, 9.17) is 32.1 Å². The van der Waals surface area contributed by atoms with Gasteiger partial charge in [0.2, 0.25) is 0 Å². The molecule has 0 aliphatic carbocycles. The van der Waals surface area contributed by atoms with Crippen LogP contribution in [0.2, 0.25) is 24.2 Å². The zero-order valence-corrected chi connectivity index (χ0v) is 18.6. The van der Waals surface area contributed by atoms with Gasteiger partial charge in [-0.25, -0.2) is 0 Å². The minimum Gasteiger partial charge on any atom is -0.440 e. The second-order valence-electron chi connectivity index (χ2n) is 5.99. The van der Waals surface area contributed by atoms with Crippen molar-refractivity contribution in [3.05, 3.63) is 30.3 Å². The van der Waals surface area contributed by atoms with Gasteiger partial charge in [0.05, 0.1) is 0 Å². The highest BCUT2D eigenvalue weighted by Gasteiger charge is 2.62. The molecule has 1 aliphatic heterocycles. The van der Waals surface area contributed by atoms with Crippen LogP contribution in [0, 0.1) is 0 Å². The van der Waals surface area contributed by atoms with E-state index in [0.29, 0.717) is 5.75 Å². The number of nitrogens with two attached hydrogens (primary N) is 2. The molecule has 1 fully saturated rings. The first kappa shape index (κ1) is 20.2. The molecule has 0 bridgehead atoms. The van der Waals surface area contributed by atoms with E-state index in [1.807, 2.05) is 30.3 Å². The molecule has 0 spiro atoms. The monoisotopic (exact) mass is 404 g/mol. The van der Waals surface area contributed by atoms with Crippen molar-refractivity contribution in [3.63, 3.8) is 0 Å². The minimum absolute atomic E-state index is 0.707. The Labute approximate surface area is 152 Å². The highest BCUT2D eigenvalue weighted by molar-refractivity contribution is 8.11. The smallest absolute Gasteiger partial charge is 0.284 e. The number of rotatable bonds is 6. The van der Waals surface area contributed by atoms with Crippen molar-refractivity contribution in [1.29, 1.82) is 0 Å². The molecule has 0 atom stereocenters. The minimum atomic E-state index is -2.77. The second kappa shape index (κ2) is 7.65. The van der Waals surface area contributed by atoms with Gasteiger partial charge in [-0.3, -0.25) is 11.7 Å². The lowest BCUT2D eigenvalue weighted by Crippen LogP contribution is -2.75. The normalized spacial score (nSPS) is 23.1. The largest absolute Gasteiger partial charge is 0.440 e. The lowest BCUT2D eigenvalue weighted by molar-refractivity contribution is 0.325. The van der Waals surface area contributed by atoms with Crippen molar-refractivity contribution >= 4 is 35.3 Å². The van der Waals surface area contributed by atoms with Gasteiger partial charge in [-0.2, -0.15) is 8.89 Å². The van der Waals surface area contributed by atoms with E-state index < -0.39 is 23.5 Å². The van der Waals surface area contributed by atoms with Gasteiger partial charge in [0, 0.05) is 0 Å². The predicted octanol–water partition coefficient (Wildman–Crippen LogP) is 3.64. The number of hydrogen-bond donors (Lipinski definition) is 2. The number of benzene rings is 1. The summed E-state index contributed by atoms with van der Waals surface area (Å²) in [5.41, 5.74) is 0. The molecule has 0 aromatic heterocycles. The molecule has 0 unspecified atom stereocenters. The Bertz CT molecular complexity index is 574. The first-order valence-electron chi connectivity index (χ1n) is 8.49. The molecule has 1 aromatic rings. The highest BCUT2D eigenvalue weighted by atomic mass is 32.5. The van der Waals surface area contributed by atoms with Crippen molar-refractivity contribution in [2.45, 2.75) is 51.9 Å². The van der Waals surface area contributed by atoms with E-state index in [9.17, 15) is 0 Å². The highest BCUT2D eigenvalue weighted by Crippen LogP contribution is 2.60. The molecule has 0 amide bonds. The van der Waals surface area contributed by atoms with Crippen molar-refractivity contribution in [3.8, 4) is 5.75 Å². The maximum atomic E-state index is 6.78. The predicted molar refractivity (Wildman–Crippen MR) is 108 cm³/mol. The van der Waals surface area contributed by atoms with Gasteiger partial charge >= 0.3 is 0 Å². The summed E-state index contributed by atoms with van der Waals surface area (Å²) in [6, 6.07) is 13.1. The van der Waals surface area contributed by atoms with Crippen LogP contribution >= 0.6 is 6.57 Å². The van der Waals surface area contributed by atoms with Crippen LogP contribution in [0.15, 0.2) is 30.3 Å². The molecule has 24 heavy (non-hydrogen) atoms. The fraction of sp³-hybridized carbons (Fsp3) is 0.571. The van der Waals surface area contributed by atoms with Gasteiger partial charge in [0.15, 0.2) is 0 Å². The third-order valence-corrected chi connectivity index (χ3v) is 21.6. The summed E-state index contributed by atoms with van der Waals surface area (Å²) < 4.78 is 16.5. The first-order valence-corrected chi connectivity index (χ1v) is 15.7. The summed E-state index contributed by atoms with van der Waals surface area (Å²) in [5, 5.41) is 0. The molecule has 0 saturated carbocycles. The molecule has 1 aliphatic rings. The third kappa shape index (κ3) is 3.18.